The van der Waals surface area contributed by atoms with Gasteiger partial charge in [-0.2, -0.15) is 0 Å². The first-order chi connectivity index (χ1) is 7.63. The van der Waals surface area contributed by atoms with Crippen molar-refractivity contribution in [2.75, 3.05) is 13.1 Å². The largest absolute Gasteiger partial charge is 0.347 e. The van der Waals surface area contributed by atoms with Crippen LogP contribution in [0.3, 0.4) is 0 Å². The van der Waals surface area contributed by atoms with Gasteiger partial charge in [-0.05, 0) is 20.4 Å². The molecule has 90 valence electrons. The summed E-state index contributed by atoms with van der Waals surface area (Å²) in [5.41, 5.74) is 1.01. The summed E-state index contributed by atoms with van der Waals surface area (Å²) in [6.07, 6.45) is 0.516. The number of nitrogens with zero attached hydrogens (tertiary/aromatic N) is 1. The van der Waals surface area contributed by atoms with E-state index in [2.05, 4.69) is 15.6 Å². The Morgan fingerprint density at radius 3 is 2.94 bits per heavy atom. The van der Waals surface area contributed by atoms with E-state index in [1.807, 2.05) is 26.2 Å². The minimum absolute atomic E-state index is 0.00725. The van der Waals surface area contributed by atoms with E-state index >= 15 is 0 Å². The minimum Gasteiger partial charge on any atom is -0.347 e. The molecule has 0 saturated heterocycles. The first kappa shape index (κ1) is 13.1. The second kappa shape index (κ2) is 6.60. The van der Waals surface area contributed by atoms with E-state index in [9.17, 15) is 4.79 Å². The van der Waals surface area contributed by atoms with Crippen LogP contribution >= 0.6 is 11.3 Å². The molecule has 0 aliphatic carbocycles. The SMILES string of the molecule is CCNCCC(=O)NC(C)c1nc(C)cs1. The summed E-state index contributed by atoms with van der Waals surface area (Å²) in [5, 5.41) is 9.02. The third kappa shape index (κ3) is 4.28. The van der Waals surface area contributed by atoms with Crippen molar-refractivity contribution in [3.05, 3.63) is 16.1 Å². The Labute approximate surface area is 100 Å². The number of carbonyl (C=O) groups excluding carboxylic acids is 1. The summed E-state index contributed by atoms with van der Waals surface area (Å²) < 4.78 is 0. The van der Waals surface area contributed by atoms with Crippen molar-refractivity contribution < 1.29 is 4.79 Å². The Morgan fingerprint density at radius 2 is 2.38 bits per heavy atom. The third-order valence-electron chi connectivity index (χ3n) is 2.16. The molecule has 0 bridgehead atoms. The molecule has 0 aliphatic heterocycles. The molecule has 16 heavy (non-hydrogen) atoms. The Bertz CT molecular complexity index is 338. The molecule has 0 saturated carbocycles. The Hall–Kier alpha value is -0.940. The van der Waals surface area contributed by atoms with Crippen LogP contribution in [0.25, 0.3) is 0 Å². The highest BCUT2D eigenvalue weighted by Gasteiger charge is 2.11. The molecule has 1 aromatic heterocycles. The third-order valence-corrected chi connectivity index (χ3v) is 3.31. The maximum Gasteiger partial charge on any atom is 0.221 e. The van der Waals surface area contributed by atoms with E-state index in [1.165, 1.54) is 0 Å². The van der Waals surface area contributed by atoms with Crippen molar-refractivity contribution in [1.82, 2.24) is 15.6 Å². The normalized spacial score (nSPS) is 12.4. The molecule has 4 nitrogen and oxygen atoms in total. The lowest BCUT2D eigenvalue weighted by atomic mass is 10.3. The summed E-state index contributed by atoms with van der Waals surface area (Å²) >= 11 is 1.59. The van der Waals surface area contributed by atoms with Crippen molar-refractivity contribution in [3.8, 4) is 0 Å². The van der Waals surface area contributed by atoms with Crippen LogP contribution in [0.15, 0.2) is 5.38 Å². The first-order valence-corrected chi connectivity index (χ1v) is 6.43. The lowest BCUT2D eigenvalue weighted by Gasteiger charge is -2.11. The highest BCUT2D eigenvalue weighted by Crippen LogP contribution is 2.17. The van der Waals surface area contributed by atoms with Gasteiger partial charge in [0, 0.05) is 24.0 Å². The molecular weight excluding hydrogens is 222 g/mol. The summed E-state index contributed by atoms with van der Waals surface area (Å²) in [7, 11) is 0. The van der Waals surface area contributed by atoms with Gasteiger partial charge in [0.25, 0.3) is 0 Å². The number of aryl methyl sites for hydroxylation is 1. The zero-order chi connectivity index (χ0) is 12.0. The summed E-state index contributed by atoms with van der Waals surface area (Å²) in [6, 6.07) is 0.00725. The smallest absolute Gasteiger partial charge is 0.221 e. The monoisotopic (exact) mass is 241 g/mol. The second-order valence-electron chi connectivity index (χ2n) is 3.72. The fourth-order valence-electron chi connectivity index (χ4n) is 1.33. The van der Waals surface area contributed by atoms with Gasteiger partial charge < -0.3 is 10.6 Å². The molecule has 0 radical (unpaired) electrons. The van der Waals surface area contributed by atoms with E-state index < -0.39 is 0 Å². The van der Waals surface area contributed by atoms with Crippen molar-refractivity contribution in [1.29, 1.82) is 0 Å². The van der Waals surface area contributed by atoms with Crippen molar-refractivity contribution >= 4 is 17.2 Å². The predicted octanol–water partition coefficient (Wildman–Crippen LogP) is 1.63. The number of nitrogens with one attached hydrogen (secondary N) is 2. The lowest BCUT2D eigenvalue weighted by molar-refractivity contribution is -0.121. The van der Waals surface area contributed by atoms with Gasteiger partial charge in [0.15, 0.2) is 0 Å². The van der Waals surface area contributed by atoms with Crippen LogP contribution in [0.5, 0.6) is 0 Å². The number of carbonyl (C=O) groups is 1. The Kier molecular flexibility index (Phi) is 5.42. The van der Waals surface area contributed by atoms with E-state index in [-0.39, 0.29) is 11.9 Å². The van der Waals surface area contributed by atoms with Crippen LogP contribution in [0, 0.1) is 6.92 Å². The molecule has 0 aliphatic rings. The van der Waals surface area contributed by atoms with Crippen LogP contribution < -0.4 is 10.6 Å². The van der Waals surface area contributed by atoms with Crippen LogP contribution in [-0.4, -0.2) is 24.0 Å². The number of amides is 1. The highest BCUT2D eigenvalue weighted by molar-refractivity contribution is 7.09. The summed E-state index contributed by atoms with van der Waals surface area (Å²) in [4.78, 5) is 15.9. The topological polar surface area (TPSA) is 54.0 Å². The molecule has 1 rings (SSSR count). The molecule has 1 unspecified atom stereocenters. The minimum atomic E-state index is 0.00725. The quantitative estimate of drug-likeness (QED) is 0.744. The Morgan fingerprint density at radius 1 is 1.62 bits per heavy atom. The number of thiazole rings is 1. The van der Waals surface area contributed by atoms with Gasteiger partial charge >= 0.3 is 0 Å². The van der Waals surface area contributed by atoms with Gasteiger partial charge in [0.05, 0.1) is 6.04 Å². The number of hydrogen-bond acceptors (Lipinski definition) is 4. The molecule has 0 spiro atoms. The highest BCUT2D eigenvalue weighted by atomic mass is 32.1. The number of hydrogen-bond donors (Lipinski definition) is 2. The first-order valence-electron chi connectivity index (χ1n) is 5.55. The molecule has 1 aromatic rings. The molecule has 0 fully saturated rings. The van der Waals surface area contributed by atoms with Crippen LogP contribution in [0.4, 0.5) is 0 Å². The average molecular weight is 241 g/mol. The fraction of sp³-hybridized carbons (Fsp3) is 0.636. The maximum atomic E-state index is 11.5. The van der Waals surface area contributed by atoms with E-state index in [0.29, 0.717) is 6.42 Å². The maximum absolute atomic E-state index is 11.5. The average Bonchev–Trinajstić information content (AvgIpc) is 2.65. The van der Waals surface area contributed by atoms with Crippen molar-refractivity contribution in [2.24, 2.45) is 0 Å². The number of rotatable bonds is 6. The standard InChI is InChI=1S/C11H19N3OS/c1-4-12-6-5-10(15)14-9(3)11-13-8(2)7-16-11/h7,9,12H,4-6H2,1-3H3,(H,14,15). The summed E-state index contributed by atoms with van der Waals surface area (Å²) in [6.45, 7) is 7.57. The molecule has 0 aromatic carbocycles. The molecule has 1 heterocycles. The van der Waals surface area contributed by atoms with Gasteiger partial charge in [0.1, 0.15) is 5.01 Å². The lowest BCUT2D eigenvalue weighted by Crippen LogP contribution is -2.29. The van der Waals surface area contributed by atoms with Crippen molar-refractivity contribution in [3.63, 3.8) is 0 Å². The fourth-order valence-corrected chi connectivity index (χ4v) is 2.13. The molecule has 1 amide bonds. The zero-order valence-electron chi connectivity index (χ0n) is 10.0. The molecule has 5 heteroatoms. The van der Waals surface area contributed by atoms with E-state index in [4.69, 9.17) is 0 Å². The predicted molar refractivity (Wildman–Crippen MR) is 66.6 cm³/mol. The van der Waals surface area contributed by atoms with E-state index in [0.717, 1.165) is 23.8 Å². The Balaban J connectivity index is 2.33. The van der Waals surface area contributed by atoms with Crippen LogP contribution in [0.2, 0.25) is 0 Å². The molecule has 2 N–H and O–H groups in total. The van der Waals surface area contributed by atoms with Crippen LogP contribution in [-0.2, 0) is 4.79 Å². The van der Waals surface area contributed by atoms with Crippen LogP contribution in [0.1, 0.15) is 37.0 Å². The van der Waals surface area contributed by atoms with Gasteiger partial charge in [-0.15, -0.1) is 11.3 Å². The molecule has 1 atom stereocenters. The zero-order valence-corrected chi connectivity index (χ0v) is 10.9. The van der Waals surface area contributed by atoms with E-state index in [1.54, 1.807) is 11.3 Å². The van der Waals surface area contributed by atoms with Crippen molar-refractivity contribution in [2.45, 2.75) is 33.2 Å². The molecular formula is C11H19N3OS. The van der Waals surface area contributed by atoms with Gasteiger partial charge in [-0.1, -0.05) is 6.92 Å². The summed E-state index contributed by atoms with van der Waals surface area (Å²) in [5.74, 6) is 0.0707. The van der Waals surface area contributed by atoms with Gasteiger partial charge in [-0.25, -0.2) is 4.98 Å². The van der Waals surface area contributed by atoms with Gasteiger partial charge in [-0.3, -0.25) is 4.79 Å². The number of aromatic nitrogens is 1. The second-order valence-corrected chi connectivity index (χ2v) is 4.61. The van der Waals surface area contributed by atoms with Gasteiger partial charge in [0.2, 0.25) is 5.91 Å².